The molecule has 12 aromatic rings. The largest absolute Gasteiger partial charge is 0.310 e. The lowest BCUT2D eigenvalue weighted by atomic mass is 9.96. The molecule has 0 fully saturated rings. The summed E-state index contributed by atoms with van der Waals surface area (Å²) in [6.07, 6.45) is 0. The molecule has 1 nitrogen and oxygen atoms in total. The third kappa shape index (κ3) is 7.54. The van der Waals surface area contributed by atoms with Crippen LogP contribution in [0.25, 0.3) is 97.7 Å². The SMILES string of the molecule is c1ccc(-c2cccc(-c3cccc(N(c4ccc(-c5ccc(-c6cccc(-c7ccc8ccccc8c7)c6)cc5)cc4)c4ccc(-c5cccc6c5sc5ccccc56)cc4)c3)c2)cc1. The third-order valence-corrected chi connectivity index (χ3v) is 14.1. The minimum absolute atomic E-state index is 1.09. The van der Waals surface area contributed by atoms with Crippen LogP contribution in [0.5, 0.6) is 0 Å². The quantitative estimate of drug-likeness (QED) is 0.140. The van der Waals surface area contributed by atoms with Crippen molar-refractivity contribution in [1.29, 1.82) is 0 Å². The highest BCUT2D eigenvalue weighted by molar-refractivity contribution is 7.26. The van der Waals surface area contributed by atoms with E-state index in [1.807, 2.05) is 11.3 Å². The lowest BCUT2D eigenvalue weighted by molar-refractivity contribution is 1.28. The van der Waals surface area contributed by atoms with Crippen LogP contribution in [0.1, 0.15) is 0 Å². The van der Waals surface area contributed by atoms with Crippen molar-refractivity contribution >= 4 is 59.3 Å². The minimum Gasteiger partial charge on any atom is -0.310 e. The zero-order chi connectivity index (χ0) is 43.8. The van der Waals surface area contributed by atoms with Gasteiger partial charge in [-0.05, 0) is 138 Å². The molecule has 0 bridgehead atoms. The van der Waals surface area contributed by atoms with E-state index in [1.54, 1.807) is 0 Å². The normalized spacial score (nSPS) is 11.3. The average Bonchev–Trinajstić information content (AvgIpc) is 3.79. The maximum Gasteiger partial charge on any atom is 0.0467 e. The van der Waals surface area contributed by atoms with E-state index in [9.17, 15) is 0 Å². The smallest absolute Gasteiger partial charge is 0.0467 e. The Morgan fingerprint density at radius 3 is 1.36 bits per heavy atom. The van der Waals surface area contributed by atoms with Gasteiger partial charge in [-0.3, -0.25) is 0 Å². The molecular weight excluding hydrogens is 815 g/mol. The van der Waals surface area contributed by atoms with E-state index < -0.39 is 0 Å². The lowest BCUT2D eigenvalue weighted by Gasteiger charge is -2.26. The molecule has 0 atom stereocenters. The van der Waals surface area contributed by atoms with Crippen molar-refractivity contribution in [2.45, 2.75) is 0 Å². The molecule has 0 N–H and O–H groups in total. The fourth-order valence-electron chi connectivity index (χ4n) is 9.45. The van der Waals surface area contributed by atoms with Crippen molar-refractivity contribution < 1.29 is 0 Å². The van der Waals surface area contributed by atoms with Gasteiger partial charge in [0.25, 0.3) is 0 Å². The van der Waals surface area contributed by atoms with Gasteiger partial charge in [-0.25, -0.2) is 0 Å². The first kappa shape index (κ1) is 39.3. The van der Waals surface area contributed by atoms with Gasteiger partial charge >= 0.3 is 0 Å². The first-order chi connectivity index (χ1) is 32.7. The molecule has 310 valence electrons. The van der Waals surface area contributed by atoms with Crippen LogP contribution >= 0.6 is 11.3 Å². The van der Waals surface area contributed by atoms with Crippen LogP contribution in [0, 0.1) is 0 Å². The average molecular weight is 858 g/mol. The Bertz CT molecular complexity index is 3680. The number of nitrogens with zero attached hydrogens (tertiary/aromatic N) is 1. The van der Waals surface area contributed by atoms with Crippen LogP contribution in [-0.4, -0.2) is 0 Å². The molecule has 0 spiro atoms. The van der Waals surface area contributed by atoms with Crippen LogP contribution in [0.2, 0.25) is 0 Å². The summed E-state index contributed by atoms with van der Waals surface area (Å²) in [6.45, 7) is 0. The summed E-state index contributed by atoms with van der Waals surface area (Å²) in [5.74, 6) is 0. The molecule has 66 heavy (non-hydrogen) atoms. The second kappa shape index (κ2) is 17.0. The predicted octanol–water partition coefficient (Wildman–Crippen LogP) is 18.7. The summed E-state index contributed by atoms with van der Waals surface area (Å²) in [6, 6.07) is 95.0. The summed E-state index contributed by atoms with van der Waals surface area (Å²) in [4.78, 5) is 2.38. The monoisotopic (exact) mass is 857 g/mol. The van der Waals surface area contributed by atoms with Crippen molar-refractivity contribution in [1.82, 2.24) is 0 Å². The summed E-state index contributed by atoms with van der Waals surface area (Å²) in [7, 11) is 0. The van der Waals surface area contributed by atoms with Gasteiger partial charge in [-0.2, -0.15) is 0 Å². The maximum atomic E-state index is 2.38. The third-order valence-electron chi connectivity index (χ3n) is 12.9. The van der Waals surface area contributed by atoms with E-state index in [0.29, 0.717) is 0 Å². The molecular formula is C64H43NS. The van der Waals surface area contributed by atoms with Crippen LogP contribution < -0.4 is 4.90 Å². The highest BCUT2D eigenvalue weighted by Gasteiger charge is 2.16. The zero-order valence-corrected chi connectivity index (χ0v) is 37.0. The number of benzene rings is 11. The van der Waals surface area contributed by atoms with E-state index in [1.165, 1.54) is 97.7 Å². The summed E-state index contributed by atoms with van der Waals surface area (Å²) >= 11 is 1.87. The molecule has 0 aliphatic carbocycles. The number of rotatable bonds is 9. The standard InChI is InChI=1S/C64H43NS/c1-2-12-44(13-3-1)51-16-8-18-53(40-51)55-20-10-21-59(43-55)65(58-38-34-49(35-39-58)60-23-11-24-62-61-22-6-7-25-63(61)66-64(60)62)57-36-32-47(33-37-57)46-26-28-48(29-27-46)52-17-9-19-54(41-52)56-31-30-45-14-4-5-15-50(45)42-56/h1-43H. The topological polar surface area (TPSA) is 3.24 Å². The van der Waals surface area contributed by atoms with E-state index in [0.717, 1.165) is 17.1 Å². The van der Waals surface area contributed by atoms with Crippen molar-refractivity contribution in [3.63, 3.8) is 0 Å². The molecule has 0 unspecified atom stereocenters. The second-order valence-corrected chi connectivity index (χ2v) is 18.0. The molecule has 0 aliphatic heterocycles. The van der Waals surface area contributed by atoms with Crippen molar-refractivity contribution in [3.05, 3.63) is 261 Å². The fraction of sp³-hybridized carbons (Fsp3) is 0. The number of anilines is 3. The second-order valence-electron chi connectivity index (χ2n) is 16.9. The van der Waals surface area contributed by atoms with Gasteiger partial charge in [-0.15, -0.1) is 11.3 Å². The molecule has 1 aromatic heterocycles. The van der Waals surface area contributed by atoms with E-state index in [2.05, 4.69) is 266 Å². The summed E-state index contributed by atoms with van der Waals surface area (Å²) in [5, 5.41) is 5.15. The highest BCUT2D eigenvalue weighted by atomic mass is 32.1. The van der Waals surface area contributed by atoms with Crippen LogP contribution in [0.3, 0.4) is 0 Å². The summed E-state index contributed by atoms with van der Waals surface area (Å²) in [5.41, 5.74) is 17.7. The van der Waals surface area contributed by atoms with Gasteiger partial charge in [0.1, 0.15) is 0 Å². The van der Waals surface area contributed by atoms with Gasteiger partial charge in [0, 0.05) is 37.2 Å². The maximum absolute atomic E-state index is 2.38. The van der Waals surface area contributed by atoms with Crippen molar-refractivity contribution in [2.75, 3.05) is 4.90 Å². The van der Waals surface area contributed by atoms with Crippen LogP contribution in [0.4, 0.5) is 17.1 Å². The van der Waals surface area contributed by atoms with Crippen LogP contribution in [-0.2, 0) is 0 Å². The van der Waals surface area contributed by atoms with Gasteiger partial charge in [0.05, 0.1) is 0 Å². The Balaban J connectivity index is 0.878. The molecule has 0 radical (unpaired) electrons. The first-order valence-electron chi connectivity index (χ1n) is 22.6. The van der Waals surface area contributed by atoms with Gasteiger partial charge in [0.2, 0.25) is 0 Å². The first-order valence-corrected chi connectivity index (χ1v) is 23.4. The zero-order valence-electron chi connectivity index (χ0n) is 36.2. The lowest BCUT2D eigenvalue weighted by Crippen LogP contribution is -2.10. The number of hydrogen-bond donors (Lipinski definition) is 0. The van der Waals surface area contributed by atoms with E-state index in [4.69, 9.17) is 0 Å². The number of hydrogen-bond acceptors (Lipinski definition) is 2. The molecule has 2 heteroatoms. The van der Waals surface area contributed by atoms with Crippen molar-refractivity contribution in [3.8, 4) is 66.8 Å². The summed E-state index contributed by atoms with van der Waals surface area (Å²) < 4.78 is 2.64. The Morgan fingerprint density at radius 2 is 0.682 bits per heavy atom. The van der Waals surface area contributed by atoms with Gasteiger partial charge in [0.15, 0.2) is 0 Å². The van der Waals surface area contributed by atoms with Crippen LogP contribution in [0.15, 0.2) is 261 Å². The Morgan fingerprint density at radius 1 is 0.242 bits per heavy atom. The molecule has 11 aromatic carbocycles. The van der Waals surface area contributed by atoms with Gasteiger partial charge < -0.3 is 4.90 Å². The molecule has 0 saturated heterocycles. The molecule has 1 heterocycles. The Labute approximate surface area is 389 Å². The number of thiophene rings is 1. The molecule has 12 rings (SSSR count). The highest BCUT2D eigenvalue weighted by Crippen LogP contribution is 2.43. The number of fused-ring (bicyclic) bond motifs is 4. The Kier molecular flexibility index (Phi) is 10.1. The molecule has 0 aliphatic rings. The minimum atomic E-state index is 1.09. The molecule has 0 saturated carbocycles. The predicted molar refractivity (Wildman–Crippen MR) is 284 cm³/mol. The van der Waals surface area contributed by atoms with E-state index in [-0.39, 0.29) is 0 Å². The van der Waals surface area contributed by atoms with E-state index >= 15 is 0 Å². The fourth-order valence-corrected chi connectivity index (χ4v) is 10.7. The molecule has 0 amide bonds. The Hall–Kier alpha value is -8.30. The van der Waals surface area contributed by atoms with Gasteiger partial charge in [-0.1, -0.05) is 200 Å². The van der Waals surface area contributed by atoms with Crippen molar-refractivity contribution in [2.24, 2.45) is 0 Å².